The molecule has 0 bridgehead atoms. The van der Waals surface area contributed by atoms with Crippen LogP contribution in [0.4, 0.5) is 0 Å². The summed E-state index contributed by atoms with van der Waals surface area (Å²) in [6, 6.07) is 15.4. The first kappa shape index (κ1) is 28.5. The largest absolute Gasteiger partial charge is 0.489 e. The number of hydrogen-bond donors (Lipinski definition) is 0. The van der Waals surface area contributed by atoms with Gasteiger partial charge < -0.3 is 14.2 Å². The van der Waals surface area contributed by atoms with E-state index in [1.807, 2.05) is 6.20 Å². The van der Waals surface area contributed by atoms with Crippen molar-refractivity contribution in [1.82, 2.24) is 4.98 Å². The fourth-order valence-electron chi connectivity index (χ4n) is 7.84. The molecule has 1 aromatic heterocycles. The highest BCUT2D eigenvalue weighted by Gasteiger charge is 2.53. The Morgan fingerprint density at radius 3 is 2.56 bits per heavy atom. The fourth-order valence-corrected chi connectivity index (χ4v) is 8.43. The molecule has 0 amide bonds. The Morgan fingerprint density at radius 2 is 1.85 bits per heavy atom. The van der Waals surface area contributed by atoms with Crippen molar-refractivity contribution in [1.29, 1.82) is 0 Å². The highest BCUT2D eigenvalue weighted by atomic mass is 127. The minimum atomic E-state index is -0.0916. The van der Waals surface area contributed by atoms with Gasteiger partial charge in [-0.1, -0.05) is 44.5 Å². The van der Waals surface area contributed by atoms with Crippen LogP contribution in [0.3, 0.4) is 0 Å². The molecule has 5 nitrogen and oxygen atoms in total. The summed E-state index contributed by atoms with van der Waals surface area (Å²) in [6.07, 6.45) is 10.7. The van der Waals surface area contributed by atoms with Gasteiger partial charge in [-0.15, -0.1) is 0 Å². The van der Waals surface area contributed by atoms with Crippen molar-refractivity contribution in [3.8, 4) is 22.8 Å². The van der Waals surface area contributed by atoms with Crippen LogP contribution in [-0.4, -0.2) is 25.2 Å². The molecule has 2 aromatic carbocycles. The Balaban J connectivity index is 1.31. The first-order valence-corrected chi connectivity index (χ1v) is 16.0. The van der Waals surface area contributed by atoms with Gasteiger partial charge in [0.15, 0.2) is 0 Å². The number of rotatable bonds is 7. The summed E-state index contributed by atoms with van der Waals surface area (Å²) in [4.78, 5) is 17.0. The molecule has 41 heavy (non-hydrogen) atoms. The fraction of sp³-hybridized carbons (Fsp3) is 0.486. The highest BCUT2D eigenvalue weighted by Crippen LogP contribution is 2.56. The maximum Gasteiger partial charge on any atom is 0.309 e. The molecule has 0 aliphatic heterocycles. The van der Waals surface area contributed by atoms with Crippen molar-refractivity contribution in [2.45, 2.75) is 83.2 Å². The number of hydrogen-bond acceptors (Lipinski definition) is 5. The molecule has 0 radical (unpaired) electrons. The van der Waals surface area contributed by atoms with Crippen LogP contribution in [0.25, 0.3) is 11.1 Å². The maximum absolute atomic E-state index is 12.6. The average Bonchev–Trinajstić information content (AvgIpc) is 3.33. The van der Waals surface area contributed by atoms with Crippen LogP contribution >= 0.6 is 22.6 Å². The zero-order valence-corrected chi connectivity index (χ0v) is 26.8. The van der Waals surface area contributed by atoms with Crippen molar-refractivity contribution >= 4 is 28.6 Å². The second-order valence-corrected chi connectivity index (χ2v) is 14.0. The molecular weight excluding hydrogens is 625 g/mol. The number of methoxy groups -OCH3 is 2. The summed E-state index contributed by atoms with van der Waals surface area (Å²) in [5.41, 5.74) is 7.79. The van der Waals surface area contributed by atoms with Gasteiger partial charge in [-0.05, 0) is 119 Å². The van der Waals surface area contributed by atoms with E-state index in [1.165, 1.54) is 59.8 Å². The van der Waals surface area contributed by atoms with Crippen LogP contribution in [0.15, 0.2) is 48.7 Å². The van der Waals surface area contributed by atoms with Crippen molar-refractivity contribution in [3.63, 3.8) is 0 Å². The number of aryl methyl sites for hydroxylation is 1. The second kappa shape index (κ2) is 11.2. The third kappa shape index (κ3) is 5.15. The van der Waals surface area contributed by atoms with Crippen LogP contribution in [0, 0.1) is 14.9 Å². The van der Waals surface area contributed by atoms with Crippen LogP contribution in [-0.2, 0) is 28.0 Å². The lowest BCUT2D eigenvalue weighted by Gasteiger charge is -2.51. The summed E-state index contributed by atoms with van der Waals surface area (Å²) in [5, 5.41) is 0. The number of ether oxygens (including phenoxy) is 3. The van der Waals surface area contributed by atoms with Gasteiger partial charge in [-0.3, -0.25) is 4.79 Å². The Bertz CT molecular complexity index is 1470. The normalized spacial score (nSPS) is 24.4. The van der Waals surface area contributed by atoms with Gasteiger partial charge >= 0.3 is 5.97 Å². The van der Waals surface area contributed by atoms with Gasteiger partial charge in [-0.2, -0.15) is 0 Å². The molecule has 1 heterocycles. The van der Waals surface area contributed by atoms with E-state index in [1.54, 1.807) is 7.11 Å². The predicted octanol–water partition coefficient (Wildman–Crippen LogP) is 8.39. The molecule has 3 aromatic rings. The predicted molar refractivity (Wildman–Crippen MR) is 169 cm³/mol. The lowest BCUT2D eigenvalue weighted by atomic mass is 9.52. The van der Waals surface area contributed by atoms with Gasteiger partial charge in [0.1, 0.15) is 12.4 Å². The summed E-state index contributed by atoms with van der Waals surface area (Å²) < 4.78 is 18.3. The van der Waals surface area contributed by atoms with E-state index >= 15 is 0 Å². The maximum atomic E-state index is 12.6. The smallest absolute Gasteiger partial charge is 0.309 e. The molecule has 216 valence electrons. The number of aromatic nitrogens is 1. The lowest BCUT2D eigenvalue weighted by molar-refractivity contribution is -0.153. The Labute approximate surface area is 257 Å². The van der Waals surface area contributed by atoms with Crippen LogP contribution in [0.1, 0.15) is 87.0 Å². The number of halogens is 1. The van der Waals surface area contributed by atoms with E-state index in [0.29, 0.717) is 18.4 Å². The molecule has 3 atom stereocenters. The molecule has 1 unspecified atom stereocenters. The topological polar surface area (TPSA) is 57.7 Å². The van der Waals surface area contributed by atoms with E-state index in [2.05, 4.69) is 83.9 Å². The van der Waals surface area contributed by atoms with E-state index < -0.39 is 0 Å². The van der Waals surface area contributed by atoms with Gasteiger partial charge in [-0.25, -0.2) is 4.98 Å². The van der Waals surface area contributed by atoms with Crippen LogP contribution in [0.2, 0.25) is 0 Å². The number of nitrogens with zero attached hydrogens (tertiary/aromatic N) is 1. The molecule has 0 saturated heterocycles. The second-order valence-electron chi connectivity index (χ2n) is 12.8. The molecule has 6 heteroatoms. The first-order chi connectivity index (χ1) is 19.8. The zero-order chi connectivity index (χ0) is 28.8. The van der Waals surface area contributed by atoms with Crippen molar-refractivity contribution in [2.24, 2.45) is 11.3 Å². The van der Waals surface area contributed by atoms with E-state index in [0.717, 1.165) is 41.4 Å². The molecular formula is C35H40INO4. The third-order valence-corrected chi connectivity index (χ3v) is 11.1. The number of fused-ring (bicyclic) bond motifs is 2. The minimum absolute atomic E-state index is 0.0405. The minimum Gasteiger partial charge on any atom is -0.489 e. The summed E-state index contributed by atoms with van der Waals surface area (Å²) in [7, 11) is 3.18. The third-order valence-electron chi connectivity index (χ3n) is 10.2. The van der Waals surface area contributed by atoms with Crippen LogP contribution in [0.5, 0.6) is 11.6 Å². The molecule has 2 fully saturated rings. The van der Waals surface area contributed by atoms with Crippen molar-refractivity contribution < 1.29 is 19.0 Å². The average molecular weight is 666 g/mol. The monoisotopic (exact) mass is 665 g/mol. The van der Waals surface area contributed by atoms with Gasteiger partial charge in [0, 0.05) is 26.8 Å². The standard InChI is InChI=1S/C35H40INO4/c1-34(2)14-6-8-28(34)26-17-22(9-12-25(26)27-19-32(39-3)37-20-31(27)36)21-41-24-11-10-23-7-5-15-35(30(23)18-24)16-13-29(35)33(38)40-4/h9-12,17-20,28-29H,5-8,13-16,21H2,1-4H3/t28-,29?,35+/m0/s1. The van der Waals surface area contributed by atoms with Crippen molar-refractivity contribution in [2.75, 3.05) is 14.2 Å². The Kier molecular flexibility index (Phi) is 7.81. The number of pyridine rings is 1. The highest BCUT2D eigenvalue weighted by molar-refractivity contribution is 14.1. The quantitative estimate of drug-likeness (QED) is 0.188. The molecule has 6 rings (SSSR count). The summed E-state index contributed by atoms with van der Waals surface area (Å²) >= 11 is 2.38. The molecule has 3 aliphatic carbocycles. The van der Waals surface area contributed by atoms with Gasteiger partial charge in [0.05, 0.1) is 20.1 Å². The Morgan fingerprint density at radius 1 is 1.00 bits per heavy atom. The van der Waals surface area contributed by atoms with Gasteiger partial charge in [0.2, 0.25) is 5.88 Å². The molecule has 1 spiro atoms. The van der Waals surface area contributed by atoms with E-state index in [-0.39, 0.29) is 22.7 Å². The van der Waals surface area contributed by atoms with Gasteiger partial charge in [0.25, 0.3) is 0 Å². The molecule has 2 saturated carbocycles. The first-order valence-electron chi connectivity index (χ1n) is 14.9. The SMILES string of the molecule is COC(=O)C1CC[C@]12CCCc1ccc(OCc3ccc(-c4cc(OC)ncc4I)c([C@@H]4CCCC4(C)C)c3)cc12. The van der Waals surface area contributed by atoms with Crippen LogP contribution < -0.4 is 9.47 Å². The van der Waals surface area contributed by atoms with Crippen molar-refractivity contribution in [3.05, 3.63) is 74.5 Å². The Hall–Kier alpha value is -2.61. The molecule has 3 aliphatic rings. The number of carbonyl (C=O) groups excluding carboxylic acids is 1. The molecule has 0 N–H and O–H groups in total. The summed E-state index contributed by atoms with van der Waals surface area (Å²) in [6.45, 7) is 5.31. The zero-order valence-electron chi connectivity index (χ0n) is 24.6. The lowest BCUT2D eigenvalue weighted by Crippen LogP contribution is -2.50. The van der Waals surface area contributed by atoms with E-state index in [9.17, 15) is 4.79 Å². The number of carbonyl (C=O) groups is 1. The number of benzene rings is 2. The number of esters is 1. The van der Waals surface area contributed by atoms with E-state index in [4.69, 9.17) is 14.2 Å². The summed E-state index contributed by atoms with van der Waals surface area (Å²) in [5.74, 6) is 1.88.